The first-order valence-electron chi connectivity index (χ1n) is 5.63. The molecule has 0 fully saturated rings. The Morgan fingerprint density at radius 1 is 1.50 bits per heavy atom. The van der Waals surface area contributed by atoms with Gasteiger partial charge in [0.2, 0.25) is 5.91 Å². The lowest BCUT2D eigenvalue weighted by Gasteiger charge is -2.13. The quantitative estimate of drug-likeness (QED) is 0.785. The van der Waals surface area contributed by atoms with E-state index < -0.39 is 5.76 Å². The number of aromatic nitrogens is 1. The van der Waals surface area contributed by atoms with Crippen molar-refractivity contribution in [2.45, 2.75) is 6.42 Å². The normalized spacial score (nSPS) is 11.2. The number of nitrogens with two attached hydrogens (primary N) is 1. The number of aromatic amines is 1. The minimum atomic E-state index is -0.451. The third kappa shape index (κ3) is 2.98. The topological polar surface area (TPSA) is 92.3 Å². The molecule has 1 aromatic heterocycles. The van der Waals surface area contributed by atoms with Crippen LogP contribution < -0.4 is 11.5 Å². The van der Waals surface area contributed by atoms with E-state index >= 15 is 0 Å². The monoisotopic (exact) mass is 249 g/mol. The zero-order chi connectivity index (χ0) is 13.1. The van der Waals surface area contributed by atoms with Gasteiger partial charge in [-0.3, -0.25) is 14.7 Å². The predicted molar refractivity (Wildman–Crippen MR) is 67.2 cm³/mol. The Kier molecular flexibility index (Phi) is 3.47. The number of H-pyrrole nitrogens is 1. The molecule has 2 rings (SSSR count). The molecule has 6 heteroatoms. The molecule has 18 heavy (non-hydrogen) atoms. The summed E-state index contributed by atoms with van der Waals surface area (Å²) in [6.07, 6.45) is 0.771. The lowest BCUT2D eigenvalue weighted by molar-refractivity contribution is -0.118. The number of fused-ring (bicyclic) bond motifs is 1. The van der Waals surface area contributed by atoms with Gasteiger partial charge in [-0.1, -0.05) is 6.07 Å². The molecule has 0 spiro atoms. The van der Waals surface area contributed by atoms with Gasteiger partial charge in [-0.25, -0.2) is 4.79 Å². The minimum Gasteiger partial charge on any atom is -0.408 e. The van der Waals surface area contributed by atoms with Crippen LogP contribution in [0.3, 0.4) is 0 Å². The van der Waals surface area contributed by atoms with Crippen molar-refractivity contribution >= 4 is 17.0 Å². The molecular formula is C12H15N3O3. The number of oxazole rings is 1. The third-order valence-electron chi connectivity index (χ3n) is 2.69. The molecule has 1 amide bonds. The lowest BCUT2D eigenvalue weighted by Crippen LogP contribution is -2.32. The second-order valence-electron chi connectivity index (χ2n) is 4.30. The van der Waals surface area contributed by atoms with Gasteiger partial charge in [-0.15, -0.1) is 0 Å². The number of carbonyl (C=O) groups is 1. The maximum Gasteiger partial charge on any atom is 0.417 e. The van der Waals surface area contributed by atoms with E-state index in [1.165, 1.54) is 0 Å². The Morgan fingerprint density at radius 2 is 2.28 bits per heavy atom. The van der Waals surface area contributed by atoms with Crippen LogP contribution in [0.4, 0.5) is 0 Å². The first-order chi connectivity index (χ1) is 8.54. The Hall–Kier alpha value is -2.08. The first-order valence-corrected chi connectivity index (χ1v) is 5.63. The molecule has 0 atom stereocenters. The smallest absolute Gasteiger partial charge is 0.408 e. The number of nitrogens with one attached hydrogen (secondary N) is 1. The van der Waals surface area contributed by atoms with E-state index in [9.17, 15) is 9.59 Å². The molecular weight excluding hydrogens is 234 g/mol. The molecule has 1 heterocycles. The van der Waals surface area contributed by atoms with Gasteiger partial charge in [-0.05, 0) is 31.2 Å². The van der Waals surface area contributed by atoms with Crippen molar-refractivity contribution in [2.75, 3.05) is 20.1 Å². The molecule has 0 saturated heterocycles. The van der Waals surface area contributed by atoms with Crippen molar-refractivity contribution in [3.05, 3.63) is 34.3 Å². The Bertz CT molecular complexity index is 614. The van der Waals surface area contributed by atoms with E-state index in [1.807, 2.05) is 24.1 Å². The van der Waals surface area contributed by atoms with Gasteiger partial charge in [0.25, 0.3) is 0 Å². The highest BCUT2D eigenvalue weighted by atomic mass is 16.4. The Morgan fingerprint density at radius 3 is 3.00 bits per heavy atom. The summed E-state index contributed by atoms with van der Waals surface area (Å²) in [5.74, 6) is -0.792. The highest BCUT2D eigenvalue weighted by Gasteiger charge is 2.05. The van der Waals surface area contributed by atoms with Crippen LogP contribution in [0.5, 0.6) is 0 Å². The molecule has 0 saturated carbocycles. The Balaban J connectivity index is 2.03. The number of rotatable bonds is 5. The summed E-state index contributed by atoms with van der Waals surface area (Å²) in [6, 6.07) is 5.53. The number of benzene rings is 1. The van der Waals surface area contributed by atoms with E-state index in [2.05, 4.69) is 4.98 Å². The van der Waals surface area contributed by atoms with Crippen LogP contribution in [0.1, 0.15) is 5.56 Å². The zero-order valence-electron chi connectivity index (χ0n) is 10.1. The minimum absolute atomic E-state index is 0.241. The SMILES string of the molecule is CN(CCc1ccc2oc(=O)[nH]c2c1)CC(N)=O. The standard InChI is InChI=1S/C12H15N3O3/c1-15(7-11(13)16)5-4-8-2-3-10-9(6-8)14-12(17)18-10/h2-3,6H,4-5,7H2,1H3,(H2,13,16)(H,14,17). The molecule has 0 bridgehead atoms. The highest BCUT2D eigenvalue weighted by Crippen LogP contribution is 2.12. The molecule has 6 nitrogen and oxygen atoms in total. The number of hydrogen-bond donors (Lipinski definition) is 2. The summed E-state index contributed by atoms with van der Waals surface area (Å²) in [7, 11) is 1.84. The summed E-state index contributed by atoms with van der Waals surface area (Å²) >= 11 is 0. The van der Waals surface area contributed by atoms with Crippen molar-refractivity contribution in [1.82, 2.24) is 9.88 Å². The zero-order valence-corrected chi connectivity index (χ0v) is 10.1. The summed E-state index contributed by atoms with van der Waals surface area (Å²) in [5, 5.41) is 0. The number of likely N-dealkylation sites (N-methyl/N-ethyl adjacent to an activating group) is 1. The lowest BCUT2D eigenvalue weighted by atomic mass is 10.1. The average molecular weight is 249 g/mol. The van der Waals surface area contributed by atoms with Crippen LogP contribution in [0, 0.1) is 0 Å². The predicted octanol–water partition coefficient (Wildman–Crippen LogP) is 0.0807. The van der Waals surface area contributed by atoms with Crippen LogP contribution in [0.25, 0.3) is 11.1 Å². The second-order valence-corrected chi connectivity index (χ2v) is 4.30. The third-order valence-corrected chi connectivity index (χ3v) is 2.69. The van der Waals surface area contributed by atoms with Gasteiger partial charge in [0.15, 0.2) is 5.58 Å². The molecule has 2 aromatic rings. The average Bonchev–Trinajstić information content (AvgIpc) is 2.64. The van der Waals surface area contributed by atoms with Crippen LogP contribution in [-0.2, 0) is 11.2 Å². The highest BCUT2D eigenvalue weighted by molar-refractivity contribution is 5.75. The van der Waals surface area contributed by atoms with E-state index in [0.717, 1.165) is 18.5 Å². The summed E-state index contributed by atoms with van der Waals surface area (Å²) < 4.78 is 4.92. The number of carbonyl (C=O) groups excluding carboxylic acids is 1. The van der Waals surface area contributed by atoms with Gasteiger partial charge in [0.05, 0.1) is 12.1 Å². The number of amides is 1. The fraction of sp³-hybridized carbons (Fsp3) is 0.333. The van der Waals surface area contributed by atoms with E-state index in [1.54, 1.807) is 6.07 Å². The summed E-state index contributed by atoms with van der Waals surface area (Å²) in [4.78, 5) is 26.2. The van der Waals surface area contributed by atoms with Crippen molar-refractivity contribution in [1.29, 1.82) is 0 Å². The summed E-state index contributed by atoms with van der Waals surface area (Å²) in [5.41, 5.74) is 7.41. The van der Waals surface area contributed by atoms with Crippen molar-refractivity contribution in [3.8, 4) is 0 Å². The van der Waals surface area contributed by atoms with E-state index in [4.69, 9.17) is 10.2 Å². The Labute approximate surface area is 103 Å². The van der Waals surface area contributed by atoms with Gasteiger partial charge < -0.3 is 10.2 Å². The number of hydrogen-bond acceptors (Lipinski definition) is 4. The van der Waals surface area contributed by atoms with Gasteiger partial charge in [0.1, 0.15) is 0 Å². The fourth-order valence-electron chi connectivity index (χ4n) is 1.82. The molecule has 3 N–H and O–H groups in total. The number of primary amides is 1. The van der Waals surface area contributed by atoms with Gasteiger partial charge in [-0.2, -0.15) is 0 Å². The van der Waals surface area contributed by atoms with Gasteiger partial charge in [0, 0.05) is 6.54 Å². The van der Waals surface area contributed by atoms with Crippen molar-refractivity contribution in [3.63, 3.8) is 0 Å². The first kappa shape index (κ1) is 12.4. The number of nitrogens with zero attached hydrogens (tertiary/aromatic N) is 1. The maximum atomic E-state index is 11.0. The van der Waals surface area contributed by atoms with Crippen LogP contribution >= 0.6 is 0 Å². The van der Waals surface area contributed by atoms with Crippen LogP contribution in [-0.4, -0.2) is 35.9 Å². The van der Waals surface area contributed by atoms with Gasteiger partial charge >= 0.3 is 5.76 Å². The van der Waals surface area contributed by atoms with Crippen molar-refractivity contribution < 1.29 is 9.21 Å². The molecule has 0 radical (unpaired) electrons. The summed E-state index contributed by atoms with van der Waals surface area (Å²) in [6.45, 7) is 0.960. The van der Waals surface area contributed by atoms with Crippen LogP contribution in [0.15, 0.2) is 27.4 Å². The maximum absolute atomic E-state index is 11.0. The molecule has 96 valence electrons. The van der Waals surface area contributed by atoms with E-state index in [0.29, 0.717) is 11.1 Å². The largest absolute Gasteiger partial charge is 0.417 e. The molecule has 0 aliphatic rings. The second kappa shape index (κ2) is 5.05. The molecule has 0 aliphatic carbocycles. The van der Waals surface area contributed by atoms with Crippen LogP contribution in [0.2, 0.25) is 0 Å². The molecule has 1 aromatic carbocycles. The fourth-order valence-corrected chi connectivity index (χ4v) is 1.82. The molecule has 0 aliphatic heterocycles. The van der Waals surface area contributed by atoms with Crippen molar-refractivity contribution in [2.24, 2.45) is 5.73 Å². The molecule has 0 unspecified atom stereocenters. The van der Waals surface area contributed by atoms with E-state index in [-0.39, 0.29) is 12.5 Å².